The topological polar surface area (TPSA) is 89.3 Å². The molecule has 3 rings (SSSR count). The number of pyridine rings is 1. The Balaban J connectivity index is 1.57. The smallest absolute Gasteiger partial charge is 0.230 e. The standard InChI is InChI=1S/C20H16F2N4O2S/c21-13-3-1-12(2-4-13)9-19(27)26-20(29)25-17-6-5-14(10-16(17)22)28-15-7-8-24-18(23)11-15/h1-8,10-11H,9H2,(H2,23,24)(H2,25,26,27,29). The molecule has 0 radical (unpaired) electrons. The van der Waals surface area contributed by atoms with Gasteiger partial charge in [-0.3, -0.25) is 4.79 Å². The molecule has 0 saturated carbocycles. The Morgan fingerprint density at radius 2 is 1.79 bits per heavy atom. The van der Waals surface area contributed by atoms with Crippen molar-refractivity contribution in [3.63, 3.8) is 0 Å². The predicted octanol–water partition coefficient (Wildman–Crippen LogP) is 3.79. The predicted molar refractivity (Wildman–Crippen MR) is 110 cm³/mol. The summed E-state index contributed by atoms with van der Waals surface area (Å²) in [5.74, 6) is -0.472. The van der Waals surface area contributed by atoms with Crippen LogP contribution in [0, 0.1) is 11.6 Å². The van der Waals surface area contributed by atoms with Crippen molar-refractivity contribution in [2.75, 3.05) is 11.1 Å². The lowest BCUT2D eigenvalue weighted by molar-refractivity contribution is -0.119. The molecule has 29 heavy (non-hydrogen) atoms. The molecule has 9 heteroatoms. The molecular formula is C20H16F2N4O2S. The molecule has 1 amide bonds. The number of nitrogen functional groups attached to an aromatic ring is 1. The van der Waals surface area contributed by atoms with Crippen molar-refractivity contribution in [3.8, 4) is 11.5 Å². The number of nitrogens with zero attached hydrogens (tertiary/aromatic N) is 1. The van der Waals surface area contributed by atoms with Gasteiger partial charge in [0.1, 0.15) is 29.0 Å². The molecule has 1 heterocycles. The van der Waals surface area contributed by atoms with E-state index in [9.17, 15) is 13.6 Å². The average Bonchev–Trinajstić information content (AvgIpc) is 2.66. The Kier molecular flexibility index (Phi) is 6.30. The number of halogens is 2. The molecule has 1 aromatic heterocycles. The first kappa shape index (κ1) is 20.2. The van der Waals surface area contributed by atoms with Crippen molar-refractivity contribution < 1.29 is 18.3 Å². The van der Waals surface area contributed by atoms with Gasteiger partial charge in [0.25, 0.3) is 0 Å². The van der Waals surface area contributed by atoms with E-state index >= 15 is 0 Å². The van der Waals surface area contributed by atoms with E-state index in [0.29, 0.717) is 11.3 Å². The number of aromatic nitrogens is 1. The molecule has 4 N–H and O–H groups in total. The number of anilines is 2. The van der Waals surface area contributed by atoms with Gasteiger partial charge in [0.05, 0.1) is 12.1 Å². The minimum absolute atomic E-state index is 0.00637. The highest BCUT2D eigenvalue weighted by atomic mass is 32.1. The van der Waals surface area contributed by atoms with Crippen LogP contribution in [0.4, 0.5) is 20.3 Å². The van der Waals surface area contributed by atoms with Gasteiger partial charge in [0, 0.05) is 18.3 Å². The van der Waals surface area contributed by atoms with Crippen molar-refractivity contribution in [2.24, 2.45) is 0 Å². The number of hydrogen-bond acceptors (Lipinski definition) is 5. The Labute approximate surface area is 170 Å². The maximum absolute atomic E-state index is 14.3. The lowest BCUT2D eigenvalue weighted by atomic mass is 10.1. The van der Waals surface area contributed by atoms with Crippen LogP contribution >= 0.6 is 12.2 Å². The van der Waals surface area contributed by atoms with Crippen molar-refractivity contribution in [1.82, 2.24) is 10.3 Å². The molecule has 0 bridgehead atoms. The summed E-state index contributed by atoms with van der Waals surface area (Å²) in [6, 6.07) is 12.7. The molecule has 0 aliphatic rings. The maximum Gasteiger partial charge on any atom is 0.230 e. The first-order chi connectivity index (χ1) is 13.9. The van der Waals surface area contributed by atoms with E-state index in [1.165, 1.54) is 54.7 Å². The summed E-state index contributed by atoms with van der Waals surface area (Å²) in [5.41, 5.74) is 6.26. The zero-order valence-corrected chi connectivity index (χ0v) is 15.8. The van der Waals surface area contributed by atoms with Crippen molar-refractivity contribution in [3.05, 3.63) is 78.0 Å². The molecular weight excluding hydrogens is 398 g/mol. The van der Waals surface area contributed by atoms with E-state index in [2.05, 4.69) is 15.6 Å². The monoisotopic (exact) mass is 414 g/mol. The summed E-state index contributed by atoms with van der Waals surface area (Å²) < 4.78 is 32.7. The summed E-state index contributed by atoms with van der Waals surface area (Å²) in [6.45, 7) is 0. The number of amides is 1. The van der Waals surface area contributed by atoms with Crippen LogP contribution in [0.25, 0.3) is 0 Å². The number of thiocarbonyl (C=S) groups is 1. The van der Waals surface area contributed by atoms with Crippen LogP contribution in [-0.4, -0.2) is 16.0 Å². The van der Waals surface area contributed by atoms with Crippen molar-refractivity contribution in [2.45, 2.75) is 6.42 Å². The largest absolute Gasteiger partial charge is 0.457 e. The highest BCUT2D eigenvalue weighted by Gasteiger charge is 2.10. The van der Waals surface area contributed by atoms with Crippen LogP contribution in [0.1, 0.15) is 5.56 Å². The highest BCUT2D eigenvalue weighted by Crippen LogP contribution is 2.26. The second-order valence-electron chi connectivity index (χ2n) is 5.97. The number of nitrogens with one attached hydrogen (secondary N) is 2. The number of benzene rings is 2. The molecule has 0 fully saturated rings. The van der Waals surface area contributed by atoms with Gasteiger partial charge in [0.15, 0.2) is 5.11 Å². The maximum atomic E-state index is 14.3. The zero-order chi connectivity index (χ0) is 20.8. The molecule has 0 aliphatic carbocycles. The first-order valence-corrected chi connectivity index (χ1v) is 8.84. The number of hydrogen-bond donors (Lipinski definition) is 3. The quantitative estimate of drug-likeness (QED) is 0.551. The second-order valence-corrected chi connectivity index (χ2v) is 6.37. The van der Waals surface area contributed by atoms with Gasteiger partial charge < -0.3 is 21.1 Å². The van der Waals surface area contributed by atoms with Crippen LogP contribution < -0.4 is 21.1 Å². The lowest BCUT2D eigenvalue weighted by Crippen LogP contribution is -2.35. The average molecular weight is 414 g/mol. The lowest BCUT2D eigenvalue weighted by Gasteiger charge is -2.12. The first-order valence-electron chi connectivity index (χ1n) is 8.43. The fourth-order valence-corrected chi connectivity index (χ4v) is 2.62. The number of carbonyl (C=O) groups excluding carboxylic acids is 1. The van der Waals surface area contributed by atoms with E-state index < -0.39 is 11.7 Å². The fourth-order valence-electron chi connectivity index (χ4n) is 2.40. The van der Waals surface area contributed by atoms with Crippen LogP contribution in [0.3, 0.4) is 0 Å². The summed E-state index contributed by atoms with van der Waals surface area (Å²) in [5, 5.41) is 5.00. The minimum Gasteiger partial charge on any atom is -0.457 e. The van der Waals surface area contributed by atoms with Crippen LogP contribution in [0.15, 0.2) is 60.8 Å². The van der Waals surface area contributed by atoms with E-state index in [0.717, 1.165) is 0 Å². The van der Waals surface area contributed by atoms with Crippen molar-refractivity contribution in [1.29, 1.82) is 0 Å². The van der Waals surface area contributed by atoms with Gasteiger partial charge in [-0.1, -0.05) is 12.1 Å². The molecule has 0 atom stereocenters. The van der Waals surface area contributed by atoms with Gasteiger partial charge in [-0.15, -0.1) is 0 Å². The van der Waals surface area contributed by atoms with Gasteiger partial charge in [-0.05, 0) is 48.1 Å². The normalized spacial score (nSPS) is 10.3. The van der Waals surface area contributed by atoms with Gasteiger partial charge in [-0.25, -0.2) is 13.8 Å². The summed E-state index contributed by atoms with van der Waals surface area (Å²) in [4.78, 5) is 15.9. The SMILES string of the molecule is Nc1cc(Oc2ccc(NC(=S)NC(=O)Cc3ccc(F)cc3)c(F)c2)ccn1. The molecule has 2 aromatic carbocycles. The van der Waals surface area contributed by atoms with E-state index in [4.69, 9.17) is 22.7 Å². The Morgan fingerprint density at radius 1 is 1.07 bits per heavy atom. The molecule has 6 nitrogen and oxygen atoms in total. The molecule has 3 aromatic rings. The van der Waals surface area contributed by atoms with E-state index in [-0.39, 0.29) is 34.6 Å². The number of ether oxygens (including phenoxy) is 1. The Bertz CT molecular complexity index is 1040. The van der Waals surface area contributed by atoms with Crippen molar-refractivity contribution >= 4 is 34.7 Å². The summed E-state index contributed by atoms with van der Waals surface area (Å²) >= 11 is 5.04. The summed E-state index contributed by atoms with van der Waals surface area (Å²) in [7, 11) is 0. The molecule has 0 aliphatic heterocycles. The zero-order valence-electron chi connectivity index (χ0n) is 15.0. The third-order valence-corrected chi connectivity index (χ3v) is 3.91. The molecule has 0 saturated heterocycles. The van der Waals surface area contributed by atoms with Crippen LogP contribution in [0.5, 0.6) is 11.5 Å². The van der Waals surface area contributed by atoms with Gasteiger partial charge in [0.2, 0.25) is 5.91 Å². The van der Waals surface area contributed by atoms with Gasteiger partial charge >= 0.3 is 0 Å². The second kappa shape index (κ2) is 9.07. The highest BCUT2D eigenvalue weighted by molar-refractivity contribution is 7.80. The van der Waals surface area contributed by atoms with Crippen LogP contribution in [-0.2, 0) is 11.2 Å². The summed E-state index contributed by atoms with van der Waals surface area (Å²) in [6.07, 6.45) is 1.48. The minimum atomic E-state index is -0.625. The third-order valence-electron chi connectivity index (χ3n) is 3.71. The molecule has 0 unspecified atom stereocenters. The van der Waals surface area contributed by atoms with E-state index in [1.54, 1.807) is 6.07 Å². The molecule has 148 valence electrons. The number of rotatable bonds is 5. The Morgan fingerprint density at radius 3 is 2.48 bits per heavy atom. The number of nitrogens with two attached hydrogens (primary N) is 1. The van der Waals surface area contributed by atoms with Crippen LogP contribution in [0.2, 0.25) is 0 Å². The Hall–Kier alpha value is -3.59. The molecule has 0 spiro atoms. The van der Waals surface area contributed by atoms with E-state index in [1.807, 2.05) is 0 Å². The third kappa shape index (κ3) is 5.94. The number of carbonyl (C=O) groups is 1. The van der Waals surface area contributed by atoms with Gasteiger partial charge in [-0.2, -0.15) is 0 Å². The fraction of sp³-hybridized carbons (Fsp3) is 0.0500.